The van der Waals surface area contributed by atoms with Gasteiger partial charge in [0.25, 0.3) is 0 Å². The summed E-state index contributed by atoms with van der Waals surface area (Å²) in [5.74, 6) is 2.46. The normalized spacial score (nSPS) is 10.7. The van der Waals surface area contributed by atoms with Gasteiger partial charge < -0.3 is 14.0 Å². The van der Waals surface area contributed by atoms with Gasteiger partial charge in [-0.05, 0) is 48.3 Å². The van der Waals surface area contributed by atoms with Crippen LogP contribution >= 0.6 is 12.2 Å². The van der Waals surface area contributed by atoms with Crippen molar-refractivity contribution in [2.24, 2.45) is 0 Å². The molecule has 0 aliphatic heterocycles. The number of aromatic amines is 1. The summed E-state index contributed by atoms with van der Waals surface area (Å²) in [6.45, 7) is 0.773. The zero-order valence-electron chi connectivity index (χ0n) is 15.1. The number of nitrogens with one attached hydrogen (secondary N) is 1. The third-order valence-electron chi connectivity index (χ3n) is 4.39. The highest BCUT2D eigenvalue weighted by Crippen LogP contribution is 2.27. The Labute approximate surface area is 158 Å². The highest BCUT2D eigenvalue weighted by atomic mass is 32.1. The van der Waals surface area contributed by atoms with Crippen molar-refractivity contribution in [1.82, 2.24) is 14.8 Å². The lowest BCUT2D eigenvalue weighted by atomic mass is 10.1. The topological polar surface area (TPSA) is 52.1 Å². The summed E-state index contributed by atoms with van der Waals surface area (Å²) in [6, 6.07) is 16.4. The molecule has 0 spiro atoms. The number of hydrogen-bond acceptors (Lipinski definition) is 4. The number of hydrogen-bond donors (Lipinski definition) is 1. The van der Waals surface area contributed by atoms with E-state index in [9.17, 15) is 0 Å². The van der Waals surface area contributed by atoms with Crippen molar-refractivity contribution < 1.29 is 9.47 Å². The van der Waals surface area contributed by atoms with Gasteiger partial charge in [-0.3, -0.25) is 5.10 Å². The molecule has 26 heavy (non-hydrogen) atoms. The molecule has 1 aromatic heterocycles. The molecule has 0 saturated heterocycles. The SMILES string of the molecule is COc1ccc(CCn2c(CCc3ccccc3)n[nH]c2=S)cc1OC. The molecule has 6 heteroatoms. The first kappa shape index (κ1) is 18.2. The van der Waals surface area contributed by atoms with Crippen molar-refractivity contribution in [2.45, 2.75) is 25.8 Å². The molecule has 0 radical (unpaired) electrons. The minimum atomic E-state index is 0.661. The summed E-state index contributed by atoms with van der Waals surface area (Å²) >= 11 is 5.41. The van der Waals surface area contributed by atoms with E-state index in [1.165, 1.54) is 11.1 Å². The molecule has 0 fully saturated rings. The second-order valence-corrected chi connectivity index (χ2v) is 6.41. The molecule has 0 bridgehead atoms. The van der Waals surface area contributed by atoms with Crippen LogP contribution in [0.2, 0.25) is 0 Å². The maximum atomic E-state index is 5.41. The number of nitrogens with zero attached hydrogens (tertiary/aromatic N) is 2. The first-order chi connectivity index (χ1) is 12.7. The van der Waals surface area contributed by atoms with Gasteiger partial charge in [-0.25, -0.2) is 0 Å². The fourth-order valence-corrected chi connectivity index (χ4v) is 3.19. The molecular weight excluding hydrogens is 346 g/mol. The van der Waals surface area contributed by atoms with Crippen molar-refractivity contribution in [2.75, 3.05) is 14.2 Å². The fraction of sp³-hybridized carbons (Fsp3) is 0.300. The van der Waals surface area contributed by atoms with E-state index in [0.717, 1.165) is 43.1 Å². The minimum absolute atomic E-state index is 0.661. The Morgan fingerprint density at radius 3 is 2.42 bits per heavy atom. The summed E-state index contributed by atoms with van der Waals surface area (Å²) in [5, 5.41) is 7.33. The molecule has 2 aromatic carbocycles. The van der Waals surface area contributed by atoms with Crippen LogP contribution in [0.15, 0.2) is 48.5 Å². The average molecular weight is 369 g/mol. The third-order valence-corrected chi connectivity index (χ3v) is 4.70. The van der Waals surface area contributed by atoms with E-state index < -0.39 is 0 Å². The van der Waals surface area contributed by atoms with Gasteiger partial charge in [0.2, 0.25) is 0 Å². The molecule has 0 amide bonds. The number of H-pyrrole nitrogens is 1. The second-order valence-electron chi connectivity index (χ2n) is 6.02. The molecule has 1 N–H and O–H groups in total. The number of rotatable bonds is 8. The van der Waals surface area contributed by atoms with E-state index in [1.54, 1.807) is 14.2 Å². The van der Waals surface area contributed by atoms with E-state index in [0.29, 0.717) is 4.77 Å². The third kappa shape index (κ3) is 4.32. The summed E-state index contributed by atoms with van der Waals surface area (Å²) in [7, 11) is 3.29. The Balaban J connectivity index is 1.68. The van der Waals surface area contributed by atoms with Crippen LogP contribution in [0.1, 0.15) is 17.0 Å². The monoisotopic (exact) mass is 369 g/mol. The highest BCUT2D eigenvalue weighted by molar-refractivity contribution is 7.71. The molecule has 0 atom stereocenters. The molecule has 3 aromatic rings. The van der Waals surface area contributed by atoms with Crippen LogP contribution in [-0.4, -0.2) is 29.0 Å². The van der Waals surface area contributed by atoms with Gasteiger partial charge in [0.05, 0.1) is 14.2 Å². The number of aromatic nitrogens is 3. The quantitative estimate of drug-likeness (QED) is 0.610. The largest absolute Gasteiger partial charge is 0.493 e. The lowest BCUT2D eigenvalue weighted by Gasteiger charge is -2.11. The molecule has 5 nitrogen and oxygen atoms in total. The first-order valence-electron chi connectivity index (χ1n) is 8.60. The predicted molar refractivity (Wildman–Crippen MR) is 105 cm³/mol. The lowest BCUT2D eigenvalue weighted by Crippen LogP contribution is -2.08. The molecule has 136 valence electrons. The van der Waals surface area contributed by atoms with Gasteiger partial charge in [-0.2, -0.15) is 5.10 Å². The number of methoxy groups -OCH3 is 2. The molecule has 3 rings (SSSR count). The standard InChI is InChI=1S/C20H23N3O2S/c1-24-17-10-8-16(14-18(17)25-2)12-13-23-19(21-22-20(23)26)11-9-15-6-4-3-5-7-15/h3-8,10,14H,9,11-13H2,1-2H3,(H,22,26). The Hall–Kier alpha value is -2.60. The molecular formula is C20H23N3O2S. The van der Waals surface area contributed by atoms with Crippen LogP contribution in [0.25, 0.3) is 0 Å². The van der Waals surface area contributed by atoms with Crippen LogP contribution in [0, 0.1) is 4.77 Å². The van der Waals surface area contributed by atoms with Crippen molar-refractivity contribution in [3.8, 4) is 11.5 Å². The van der Waals surface area contributed by atoms with Gasteiger partial charge in [0, 0.05) is 13.0 Å². The predicted octanol–water partition coefficient (Wildman–Crippen LogP) is 3.99. The second kappa shape index (κ2) is 8.67. The number of benzene rings is 2. The summed E-state index contributed by atoms with van der Waals surface area (Å²) in [6.07, 6.45) is 2.63. The molecule has 1 heterocycles. The zero-order chi connectivity index (χ0) is 18.4. The molecule has 0 saturated carbocycles. The summed E-state index contributed by atoms with van der Waals surface area (Å²) in [4.78, 5) is 0. The van der Waals surface area contributed by atoms with Crippen molar-refractivity contribution in [1.29, 1.82) is 0 Å². The Morgan fingerprint density at radius 2 is 1.69 bits per heavy atom. The zero-order valence-corrected chi connectivity index (χ0v) is 15.9. The van der Waals surface area contributed by atoms with Crippen molar-refractivity contribution >= 4 is 12.2 Å². The van der Waals surface area contributed by atoms with E-state index in [-0.39, 0.29) is 0 Å². The number of aryl methyl sites for hydroxylation is 3. The Morgan fingerprint density at radius 1 is 0.923 bits per heavy atom. The fourth-order valence-electron chi connectivity index (χ4n) is 2.95. The number of ether oxygens (including phenoxy) is 2. The minimum Gasteiger partial charge on any atom is -0.493 e. The van der Waals surface area contributed by atoms with Gasteiger partial charge in [0.15, 0.2) is 16.3 Å². The van der Waals surface area contributed by atoms with Gasteiger partial charge >= 0.3 is 0 Å². The summed E-state index contributed by atoms with van der Waals surface area (Å²) < 4.78 is 13.4. The van der Waals surface area contributed by atoms with Gasteiger partial charge in [0.1, 0.15) is 5.82 Å². The van der Waals surface area contributed by atoms with Crippen molar-refractivity contribution in [3.63, 3.8) is 0 Å². The van der Waals surface area contributed by atoms with E-state index in [1.807, 2.05) is 18.2 Å². The van der Waals surface area contributed by atoms with Gasteiger partial charge in [-0.1, -0.05) is 36.4 Å². The van der Waals surface area contributed by atoms with E-state index >= 15 is 0 Å². The van der Waals surface area contributed by atoms with Gasteiger partial charge in [-0.15, -0.1) is 0 Å². The lowest BCUT2D eigenvalue weighted by molar-refractivity contribution is 0.354. The average Bonchev–Trinajstić information content (AvgIpc) is 3.04. The van der Waals surface area contributed by atoms with Crippen LogP contribution < -0.4 is 9.47 Å². The Bertz CT molecular complexity index is 903. The van der Waals surface area contributed by atoms with Crippen LogP contribution in [-0.2, 0) is 25.8 Å². The molecule has 0 aliphatic carbocycles. The molecule has 0 unspecified atom stereocenters. The smallest absolute Gasteiger partial charge is 0.195 e. The van der Waals surface area contributed by atoms with Crippen LogP contribution in [0.4, 0.5) is 0 Å². The maximum Gasteiger partial charge on any atom is 0.195 e. The Kier molecular flexibility index (Phi) is 6.07. The first-order valence-corrected chi connectivity index (χ1v) is 9.01. The van der Waals surface area contributed by atoms with E-state index in [2.05, 4.69) is 45.1 Å². The highest BCUT2D eigenvalue weighted by Gasteiger charge is 2.09. The van der Waals surface area contributed by atoms with Crippen molar-refractivity contribution in [3.05, 3.63) is 70.3 Å². The van der Waals surface area contributed by atoms with Crippen LogP contribution in [0.5, 0.6) is 11.5 Å². The summed E-state index contributed by atoms with van der Waals surface area (Å²) in [5.41, 5.74) is 2.47. The molecule has 0 aliphatic rings. The van der Waals surface area contributed by atoms with Crippen LogP contribution in [0.3, 0.4) is 0 Å². The maximum absolute atomic E-state index is 5.41. The van der Waals surface area contributed by atoms with E-state index in [4.69, 9.17) is 21.7 Å².